The van der Waals surface area contributed by atoms with Crippen LogP contribution in [-0.4, -0.2) is 19.5 Å². The van der Waals surface area contributed by atoms with Gasteiger partial charge in [-0.25, -0.2) is 0 Å². The molecule has 1 N–H and O–H groups in total. The van der Waals surface area contributed by atoms with Crippen LogP contribution in [0.4, 0.5) is 0 Å². The molecular weight excluding hydrogens is 444 g/mol. The maximum Gasteiger partial charge on any atom is 0.250 e. The van der Waals surface area contributed by atoms with Crippen molar-refractivity contribution in [3.05, 3.63) is 64.2 Å². The first-order chi connectivity index (χ1) is 16.0. The standard InChI is InChI=1S/C32H48O2Si/c1-13-27(33)22-31(9,10)28-18-16-25(20-23(28)4)32(14-2,15-3)26-17-19-29(24(5)21-26)34-35(11,12)30(6,7)8/h1,16-21,27,33H,14-15,22H2,2-12H3. The number of benzene rings is 2. The molecule has 1 atom stereocenters. The number of hydrogen-bond acceptors (Lipinski definition) is 2. The Morgan fingerprint density at radius 1 is 0.914 bits per heavy atom. The molecule has 35 heavy (non-hydrogen) atoms. The average molecular weight is 493 g/mol. The molecule has 0 heterocycles. The predicted octanol–water partition coefficient (Wildman–Crippen LogP) is 8.46. The van der Waals surface area contributed by atoms with Crippen LogP contribution in [0.3, 0.4) is 0 Å². The van der Waals surface area contributed by atoms with Gasteiger partial charge in [-0.1, -0.05) is 84.7 Å². The summed E-state index contributed by atoms with van der Waals surface area (Å²) in [5.74, 6) is 3.48. The highest BCUT2D eigenvalue weighted by Gasteiger charge is 2.39. The first-order valence-corrected chi connectivity index (χ1v) is 16.0. The maximum absolute atomic E-state index is 10.1. The van der Waals surface area contributed by atoms with Crippen molar-refractivity contribution in [1.29, 1.82) is 0 Å². The van der Waals surface area contributed by atoms with E-state index in [1.807, 2.05) is 0 Å². The van der Waals surface area contributed by atoms with Crippen LogP contribution in [0.5, 0.6) is 5.75 Å². The smallest absolute Gasteiger partial charge is 0.250 e. The van der Waals surface area contributed by atoms with Gasteiger partial charge in [0.15, 0.2) is 0 Å². The van der Waals surface area contributed by atoms with Gasteiger partial charge >= 0.3 is 0 Å². The summed E-state index contributed by atoms with van der Waals surface area (Å²) in [4.78, 5) is 0. The van der Waals surface area contributed by atoms with Gasteiger partial charge < -0.3 is 9.53 Å². The van der Waals surface area contributed by atoms with E-state index in [0.29, 0.717) is 6.42 Å². The molecule has 0 aliphatic carbocycles. The lowest BCUT2D eigenvalue weighted by Crippen LogP contribution is -2.44. The van der Waals surface area contributed by atoms with Crippen LogP contribution in [0.25, 0.3) is 0 Å². The number of aliphatic hydroxyl groups is 1. The summed E-state index contributed by atoms with van der Waals surface area (Å²) >= 11 is 0. The van der Waals surface area contributed by atoms with Gasteiger partial charge in [-0.3, -0.25) is 0 Å². The van der Waals surface area contributed by atoms with Crippen molar-refractivity contribution >= 4 is 8.32 Å². The van der Waals surface area contributed by atoms with Crippen molar-refractivity contribution in [2.45, 2.75) is 117 Å². The average Bonchev–Trinajstić information content (AvgIpc) is 2.75. The van der Waals surface area contributed by atoms with E-state index in [0.717, 1.165) is 18.6 Å². The Hall–Kier alpha value is -2.02. The molecule has 0 aromatic heterocycles. The van der Waals surface area contributed by atoms with Gasteiger partial charge in [-0.2, -0.15) is 0 Å². The number of rotatable bonds is 9. The van der Waals surface area contributed by atoms with E-state index in [1.54, 1.807) is 0 Å². The van der Waals surface area contributed by atoms with Crippen molar-refractivity contribution in [1.82, 2.24) is 0 Å². The fourth-order valence-electron chi connectivity index (χ4n) is 5.10. The Bertz CT molecular complexity index is 1060. The van der Waals surface area contributed by atoms with E-state index >= 15 is 0 Å². The highest BCUT2D eigenvalue weighted by molar-refractivity contribution is 6.74. The van der Waals surface area contributed by atoms with Crippen molar-refractivity contribution in [3.63, 3.8) is 0 Å². The topological polar surface area (TPSA) is 29.5 Å². The second-order valence-electron chi connectivity index (χ2n) is 12.4. The van der Waals surface area contributed by atoms with E-state index in [2.05, 4.69) is 118 Å². The van der Waals surface area contributed by atoms with Crippen LogP contribution in [0.2, 0.25) is 18.1 Å². The fourth-order valence-corrected chi connectivity index (χ4v) is 6.18. The third kappa shape index (κ3) is 6.04. The van der Waals surface area contributed by atoms with Crippen LogP contribution >= 0.6 is 0 Å². The zero-order chi connectivity index (χ0) is 26.8. The molecule has 0 amide bonds. The Morgan fingerprint density at radius 2 is 1.43 bits per heavy atom. The molecule has 0 fully saturated rings. The molecule has 0 radical (unpaired) electrons. The molecule has 0 saturated heterocycles. The molecule has 2 nitrogen and oxygen atoms in total. The van der Waals surface area contributed by atoms with Crippen molar-refractivity contribution in [2.75, 3.05) is 0 Å². The minimum absolute atomic E-state index is 0.0635. The van der Waals surface area contributed by atoms with Crippen LogP contribution in [0.15, 0.2) is 36.4 Å². The summed E-state index contributed by atoms with van der Waals surface area (Å²) in [5, 5.41) is 10.2. The molecule has 3 heteroatoms. The highest BCUT2D eigenvalue weighted by atomic mass is 28.4. The minimum Gasteiger partial charge on any atom is -0.543 e. The first-order valence-electron chi connectivity index (χ1n) is 13.1. The summed E-state index contributed by atoms with van der Waals surface area (Å²) in [6, 6.07) is 13.7. The van der Waals surface area contributed by atoms with Crippen LogP contribution in [0.1, 0.15) is 95.5 Å². The molecule has 0 bridgehead atoms. The number of aryl methyl sites for hydroxylation is 2. The minimum atomic E-state index is -1.90. The van der Waals surface area contributed by atoms with Crippen molar-refractivity contribution in [3.8, 4) is 18.1 Å². The van der Waals surface area contributed by atoms with Gasteiger partial charge in [0.25, 0.3) is 0 Å². The fraction of sp³-hybridized carbons (Fsp3) is 0.562. The van der Waals surface area contributed by atoms with E-state index in [4.69, 9.17) is 10.8 Å². The third-order valence-corrected chi connectivity index (χ3v) is 12.9. The second-order valence-corrected chi connectivity index (χ2v) is 17.2. The largest absolute Gasteiger partial charge is 0.543 e. The van der Waals surface area contributed by atoms with Crippen LogP contribution in [-0.2, 0) is 10.8 Å². The van der Waals surface area contributed by atoms with Crippen molar-refractivity contribution in [2.24, 2.45) is 0 Å². The SMILES string of the molecule is C#CC(O)CC(C)(C)c1ccc(C(CC)(CC)c2ccc(O[Si](C)(C)C(C)(C)C)c(C)c2)cc1C. The normalized spacial score (nSPS) is 13.9. The summed E-state index contributed by atoms with van der Waals surface area (Å²) in [6.45, 7) is 24.7. The molecule has 0 aliphatic heterocycles. The molecule has 2 aromatic carbocycles. The van der Waals surface area contributed by atoms with Gasteiger partial charge in [0.05, 0.1) is 0 Å². The molecular formula is C32H48O2Si. The Labute approximate surface area is 216 Å². The lowest BCUT2D eigenvalue weighted by molar-refractivity contribution is 0.191. The zero-order valence-corrected chi connectivity index (χ0v) is 25.1. The van der Waals surface area contributed by atoms with E-state index in [9.17, 15) is 5.11 Å². The second kappa shape index (κ2) is 10.5. The molecule has 0 aliphatic rings. The monoisotopic (exact) mass is 492 g/mol. The lowest BCUT2D eigenvalue weighted by Gasteiger charge is -2.38. The van der Waals surface area contributed by atoms with E-state index in [1.165, 1.54) is 27.8 Å². The Kier molecular flexibility index (Phi) is 8.79. The Morgan fingerprint density at radius 3 is 1.86 bits per heavy atom. The first kappa shape index (κ1) is 29.2. The predicted molar refractivity (Wildman–Crippen MR) is 154 cm³/mol. The Balaban J connectivity index is 2.51. The molecule has 0 saturated carbocycles. The molecule has 192 valence electrons. The number of hydrogen-bond donors (Lipinski definition) is 1. The van der Waals surface area contributed by atoms with Gasteiger partial charge in [-0.15, -0.1) is 6.42 Å². The third-order valence-electron chi connectivity index (χ3n) is 8.51. The molecule has 0 spiro atoms. The maximum atomic E-state index is 10.1. The van der Waals surface area contributed by atoms with Crippen LogP contribution in [0, 0.1) is 26.2 Å². The quantitative estimate of drug-likeness (QED) is 0.281. The zero-order valence-electron chi connectivity index (χ0n) is 24.1. The van der Waals surface area contributed by atoms with Gasteiger partial charge in [0, 0.05) is 5.41 Å². The molecule has 1 unspecified atom stereocenters. The summed E-state index contributed by atoms with van der Waals surface area (Å²) in [5.41, 5.74) is 6.12. The summed E-state index contributed by atoms with van der Waals surface area (Å²) < 4.78 is 6.66. The summed E-state index contributed by atoms with van der Waals surface area (Å²) in [6.07, 6.45) is 7.30. The van der Waals surface area contributed by atoms with Gasteiger partial charge in [0.1, 0.15) is 11.9 Å². The van der Waals surface area contributed by atoms with E-state index in [-0.39, 0.29) is 15.9 Å². The molecule has 2 aromatic rings. The number of terminal acetylenes is 1. The van der Waals surface area contributed by atoms with Crippen LogP contribution < -0.4 is 4.43 Å². The lowest BCUT2D eigenvalue weighted by atomic mass is 9.68. The van der Waals surface area contributed by atoms with Gasteiger partial charge in [-0.05, 0) is 90.5 Å². The summed E-state index contributed by atoms with van der Waals surface area (Å²) in [7, 11) is -1.90. The number of aliphatic hydroxyl groups excluding tert-OH is 1. The van der Waals surface area contributed by atoms with E-state index < -0.39 is 14.4 Å². The molecule has 2 rings (SSSR count). The van der Waals surface area contributed by atoms with Crippen molar-refractivity contribution < 1.29 is 9.53 Å². The van der Waals surface area contributed by atoms with Gasteiger partial charge in [0.2, 0.25) is 8.32 Å². The highest BCUT2D eigenvalue weighted by Crippen LogP contribution is 2.43.